The Morgan fingerprint density at radius 1 is 1.25 bits per heavy atom. The van der Waals surface area contributed by atoms with Crippen LogP contribution in [0, 0.1) is 0 Å². The highest BCUT2D eigenvalue weighted by molar-refractivity contribution is 6.32. The van der Waals surface area contributed by atoms with Gasteiger partial charge in [0.25, 0.3) is 0 Å². The molecule has 6 heteroatoms. The average molecular weight is 342 g/mol. The van der Waals surface area contributed by atoms with E-state index in [-0.39, 0.29) is 0 Å². The van der Waals surface area contributed by atoms with Crippen LogP contribution < -0.4 is 10.2 Å². The Bertz CT molecular complexity index is 859. The topological polar surface area (TPSA) is 46.0 Å². The zero-order valence-electron chi connectivity index (χ0n) is 13.6. The summed E-state index contributed by atoms with van der Waals surface area (Å²) < 4.78 is 2.16. The maximum atomic E-state index is 6.25. The fraction of sp³-hybridized carbons (Fsp3) is 0.333. The van der Waals surface area contributed by atoms with Crippen molar-refractivity contribution in [3.63, 3.8) is 0 Å². The van der Waals surface area contributed by atoms with Gasteiger partial charge in [-0.1, -0.05) is 23.7 Å². The van der Waals surface area contributed by atoms with Crippen molar-refractivity contribution in [3.8, 4) is 0 Å². The van der Waals surface area contributed by atoms with Crippen LogP contribution in [0.25, 0.3) is 11.0 Å². The first-order chi connectivity index (χ1) is 11.7. The van der Waals surface area contributed by atoms with Gasteiger partial charge in [-0.15, -0.1) is 0 Å². The summed E-state index contributed by atoms with van der Waals surface area (Å²) in [5.74, 6) is 1.94. The Balaban J connectivity index is 1.42. The van der Waals surface area contributed by atoms with Crippen LogP contribution in [0.15, 0.2) is 42.6 Å². The third-order valence-corrected chi connectivity index (χ3v) is 4.95. The van der Waals surface area contributed by atoms with E-state index in [1.165, 1.54) is 5.52 Å². The van der Waals surface area contributed by atoms with Gasteiger partial charge in [-0.05, 0) is 30.7 Å². The summed E-state index contributed by atoms with van der Waals surface area (Å²) in [6.45, 7) is 2.65. The summed E-state index contributed by atoms with van der Waals surface area (Å²) >= 11 is 6.25. The van der Waals surface area contributed by atoms with Crippen LogP contribution in [0.5, 0.6) is 0 Å². The van der Waals surface area contributed by atoms with Gasteiger partial charge in [0.2, 0.25) is 0 Å². The number of hydrogen-bond acceptors (Lipinski definition) is 4. The number of imidazole rings is 1. The van der Waals surface area contributed by atoms with Gasteiger partial charge in [0.15, 0.2) is 0 Å². The van der Waals surface area contributed by atoms with E-state index in [1.54, 1.807) is 6.20 Å². The Labute approximate surface area is 146 Å². The second-order valence-electron chi connectivity index (χ2n) is 6.20. The smallest absolute Gasteiger partial charge is 0.147 e. The number of para-hydroxylation sites is 2. The number of fused-ring (bicyclic) bond motifs is 1. The molecule has 3 aromatic rings. The number of aromatic nitrogens is 3. The summed E-state index contributed by atoms with van der Waals surface area (Å²) in [4.78, 5) is 11.4. The lowest BCUT2D eigenvalue weighted by Crippen LogP contribution is -2.33. The maximum absolute atomic E-state index is 6.25. The fourth-order valence-corrected chi connectivity index (χ4v) is 3.56. The van der Waals surface area contributed by atoms with Crippen LogP contribution in [0.1, 0.15) is 12.2 Å². The Morgan fingerprint density at radius 3 is 2.96 bits per heavy atom. The number of anilines is 1. The predicted octanol–water partition coefficient (Wildman–Crippen LogP) is 2.99. The van der Waals surface area contributed by atoms with Gasteiger partial charge in [0, 0.05) is 32.4 Å². The summed E-state index contributed by atoms with van der Waals surface area (Å²) in [5, 5.41) is 4.34. The second kappa shape index (κ2) is 6.42. The standard InChI is InChI=1S/C18H20ClN5/c1-23-16-7-3-2-6-15(16)22-17(23)11-21-13-8-10-24(12-13)18-14(19)5-4-9-20-18/h2-7,9,13,21H,8,10-12H2,1H3/t13-/m0/s1. The van der Waals surface area contributed by atoms with Crippen LogP contribution in [0.4, 0.5) is 5.82 Å². The summed E-state index contributed by atoms with van der Waals surface area (Å²) in [5.41, 5.74) is 2.22. The quantitative estimate of drug-likeness (QED) is 0.792. The Kier molecular flexibility index (Phi) is 4.12. The van der Waals surface area contributed by atoms with Crippen molar-refractivity contribution in [2.75, 3.05) is 18.0 Å². The van der Waals surface area contributed by atoms with E-state index < -0.39 is 0 Å². The summed E-state index contributed by atoms with van der Waals surface area (Å²) in [6, 6.07) is 12.4. The van der Waals surface area contributed by atoms with Gasteiger partial charge in [-0.2, -0.15) is 0 Å². The minimum absolute atomic E-state index is 0.419. The van der Waals surface area contributed by atoms with Crippen LogP contribution in [-0.4, -0.2) is 33.7 Å². The van der Waals surface area contributed by atoms with Crippen molar-refractivity contribution >= 4 is 28.5 Å². The van der Waals surface area contributed by atoms with E-state index in [9.17, 15) is 0 Å². The number of pyridine rings is 1. The monoisotopic (exact) mass is 341 g/mol. The van der Waals surface area contributed by atoms with E-state index in [1.807, 2.05) is 24.3 Å². The molecular formula is C18H20ClN5. The molecule has 0 radical (unpaired) electrons. The van der Waals surface area contributed by atoms with Crippen molar-refractivity contribution in [2.24, 2.45) is 7.05 Å². The highest BCUT2D eigenvalue weighted by atomic mass is 35.5. The molecule has 1 N–H and O–H groups in total. The molecule has 1 aliphatic heterocycles. The Morgan fingerprint density at radius 2 is 2.12 bits per heavy atom. The van der Waals surface area contributed by atoms with Crippen LogP contribution in [0.2, 0.25) is 5.02 Å². The molecule has 124 valence electrons. The van der Waals surface area contributed by atoms with Gasteiger partial charge in [0.05, 0.1) is 22.6 Å². The molecular weight excluding hydrogens is 322 g/mol. The van der Waals surface area contributed by atoms with Crippen LogP contribution in [0.3, 0.4) is 0 Å². The first-order valence-corrected chi connectivity index (χ1v) is 8.59. The molecule has 0 aliphatic carbocycles. The predicted molar refractivity (Wildman–Crippen MR) is 97.4 cm³/mol. The number of nitrogens with zero attached hydrogens (tertiary/aromatic N) is 4. The third-order valence-electron chi connectivity index (χ3n) is 4.66. The molecule has 3 heterocycles. The van der Waals surface area contributed by atoms with E-state index in [4.69, 9.17) is 16.6 Å². The lowest BCUT2D eigenvalue weighted by molar-refractivity contribution is 0.532. The fourth-order valence-electron chi connectivity index (χ4n) is 3.32. The molecule has 1 fully saturated rings. The molecule has 1 aliphatic rings. The molecule has 0 amide bonds. The number of hydrogen-bond donors (Lipinski definition) is 1. The first kappa shape index (κ1) is 15.4. The van der Waals surface area contributed by atoms with Crippen molar-refractivity contribution in [2.45, 2.75) is 19.0 Å². The molecule has 5 nitrogen and oxygen atoms in total. The zero-order valence-corrected chi connectivity index (χ0v) is 14.4. The lowest BCUT2D eigenvalue weighted by atomic mass is 10.2. The number of rotatable bonds is 4. The van der Waals surface area contributed by atoms with Gasteiger partial charge in [0.1, 0.15) is 11.6 Å². The van der Waals surface area contributed by atoms with Gasteiger partial charge in [-0.3, -0.25) is 0 Å². The number of aryl methyl sites for hydroxylation is 1. The highest BCUT2D eigenvalue weighted by Gasteiger charge is 2.24. The highest BCUT2D eigenvalue weighted by Crippen LogP contribution is 2.26. The number of nitrogens with one attached hydrogen (secondary N) is 1. The SMILES string of the molecule is Cn1c(CN[C@H]2CCN(c3ncccc3Cl)C2)nc2ccccc21. The molecule has 1 aromatic carbocycles. The largest absolute Gasteiger partial charge is 0.354 e. The van der Waals surface area contributed by atoms with Gasteiger partial charge in [-0.25, -0.2) is 9.97 Å². The van der Waals surface area contributed by atoms with Gasteiger partial charge >= 0.3 is 0 Å². The minimum Gasteiger partial charge on any atom is -0.354 e. The van der Waals surface area contributed by atoms with Crippen LogP contribution in [-0.2, 0) is 13.6 Å². The van der Waals surface area contributed by atoms with E-state index in [0.29, 0.717) is 11.1 Å². The Hall–Kier alpha value is -2.11. The lowest BCUT2D eigenvalue weighted by Gasteiger charge is -2.18. The molecule has 2 aromatic heterocycles. The molecule has 0 bridgehead atoms. The van der Waals surface area contributed by atoms with E-state index in [0.717, 1.165) is 43.2 Å². The number of benzene rings is 1. The second-order valence-corrected chi connectivity index (χ2v) is 6.60. The minimum atomic E-state index is 0.419. The van der Waals surface area contributed by atoms with Crippen molar-refractivity contribution in [3.05, 3.63) is 53.4 Å². The molecule has 0 spiro atoms. The van der Waals surface area contributed by atoms with Crippen molar-refractivity contribution < 1.29 is 0 Å². The molecule has 4 rings (SSSR count). The average Bonchev–Trinajstić information content (AvgIpc) is 3.19. The van der Waals surface area contributed by atoms with Gasteiger partial charge < -0.3 is 14.8 Å². The van der Waals surface area contributed by atoms with Crippen LogP contribution >= 0.6 is 11.6 Å². The summed E-state index contributed by atoms with van der Waals surface area (Å²) in [6.07, 6.45) is 2.87. The summed E-state index contributed by atoms with van der Waals surface area (Å²) in [7, 11) is 2.07. The zero-order chi connectivity index (χ0) is 16.5. The van der Waals surface area contributed by atoms with E-state index in [2.05, 4.69) is 38.9 Å². The molecule has 1 atom stereocenters. The first-order valence-electron chi connectivity index (χ1n) is 8.21. The molecule has 24 heavy (non-hydrogen) atoms. The third kappa shape index (κ3) is 2.85. The normalized spacial score (nSPS) is 17.8. The number of halogens is 1. The maximum Gasteiger partial charge on any atom is 0.147 e. The molecule has 0 unspecified atom stereocenters. The molecule has 0 saturated carbocycles. The van der Waals surface area contributed by atoms with Crippen molar-refractivity contribution in [1.82, 2.24) is 19.9 Å². The van der Waals surface area contributed by atoms with E-state index >= 15 is 0 Å². The molecule has 1 saturated heterocycles. The van der Waals surface area contributed by atoms with Crippen molar-refractivity contribution in [1.29, 1.82) is 0 Å².